The summed E-state index contributed by atoms with van der Waals surface area (Å²) in [6.45, 7) is 3.07. The molecule has 1 aliphatic rings. The van der Waals surface area contributed by atoms with Crippen LogP contribution in [-0.2, 0) is 0 Å². The highest BCUT2D eigenvalue weighted by Crippen LogP contribution is 2.42. The third kappa shape index (κ3) is 2.92. The summed E-state index contributed by atoms with van der Waals surface area (Å²) in [6.07, 6.45) is -4.63. The standard InChI is InChI=1S/C11H9Cl3F3N3/c1-10(2,14)20-8-4-6(13)5(12)3-7(8)18-9(19-20)11(15,16)17/h3-4H,1-2H3,(H,18,19). The first-order chi connectivity index (χ1) is 9.00. The van der Waals surface area contributed by atoms with Crippen LogP contribution in [0.4, 0.5) is 24.5 Å². The molecule has 9 heteroatoms. The first-order valence-electron chi connectivity index (χ1n) is 5.41. The minimum Gasteiger partial charge on any atom is -0.276 e. The van der Waals surface area contributed by atoms with Gasteiger partial charge in [-0.3, -0.25) is 10.4 Å². The minimum atomic E-state index is -4.63. The minimum absolute atomic E-state index is 0.0409. The Kier molecular flexibility index (Phi) is 3.77. The maximum Gasteiger partial charge on any atom is 0.450 e. The molecule has 20 heavy (non-hydrogen) atoms. The van der Waals surface area contributed by atoms with E-state index in [2.05, 4.69) is 10.4 Å². The quantitative estimate of drug-likeness (QED) is 0.579. The van der Waals surface area contributed by atoms with Crippen LogP contribution in [0, 0.1) is 0 Å². The van der Waals surface area contributed by atoms with Crippen molar-refractivity contribution in [2.75, 3.05) is 5.01 Å². The summed E-state index contributed by atoms with van der Waals surface area (Å²) in [4.78, 5) is 2.38. The Bertz CT molecular complexity index is 579. The van der Waals surface area contributed by atoms with Crippen molar-refractivity contribution in [1.82, 2.24) is 5.43 Å². The molecule has 0 atom stereocenters. The zero-order chi connectivity index (χ0) is 15.3. The maximum atomic E-state index is 12.9. The highest BCUT2D eigenvalue weighted by Gasteiger charge is 2.42. The van der Waals surface area contributed by atoms with Gasteiger partial charge in [-0.2, -0.15) is 13.2 Å². The van der Waals surface area contributed by atoms with Gasteiger partial charge in [-0.15, -0.1) is 0 Å². The Morgan fingerprint density at radius 3 is 2.20 bits per heavy atom. The van der Waals surface area contributed by atoms with Gasteiger partial charge in [0.2, 0.25) is 5.84 Å². The van der Waals surface area contributed by atoms with Gasteiger partial charge < -0.3 is 0 Å². The summed E-state index contributed by atoms with van der Waals surface area (Å²) >= 11 is 17.8. The molecule has 0 saturated carbocycles. The molecule has 0 saturated heterocycles. The molecule has 2 rings (SSSR count). The molecule has 3 nitrogen and oxygen atoms in total. The van der Waals surface area contributed by atoms with Crippen LogP contribution in [0.15, 0.2) is 17.1 Å². The van der Waals surface area contributed by atoms with Gasteiger partial charge >= 0.3 is 6.18 Å². The molecule has 1 aliphatic heterocycles. The molecule has 1 heterocycles. The third-order valence-electron chi connectivity index (χ3n) is 2.51. The van der Waals surface area contributed by atoms with E-state index in [0.29, 0.717) is 5.69 Å². The maximum absolute atomic E-state index is 12.9. The van der Waals surface area contributed by atoms with Crippen molar-refractivity contribution in [3.05, 3.63) is 22.2 Å². The van der Waals surface area contributed by atoms with Gasteiger partial charge in [-0.25, -0.2) is 4.99 Å². The first kappa shape index (κ1) is 15.5. The summed E-state index contributed by atoms with van der Waals surface area (Å²) < 4.78 is 38.6. The Morgan fingerprint density at radius 1 is 1.15 bits per heavy atom. The van der Waals surface area contributed by atoms with Crippen LogP contribution in [0.3, 0.4) is 0 Å². The fourth-order valence-electron chi connectivity index (χ4n) is 1.65. The summed E-state index contributed by atoms with van der Waals surface area (Å²) in [5, 5.41) is 1.45. The van der Waals surface area contributed by atoms with Gasteiger partial charge in [0.05, 0.1) is 21.4 Å². The summed E-state index contributed by atoms with van der Waals surface area (Å²) in [7, 11) is 0. The molecular formula is C11H9Cl3F3N3. The molecule has 0 amide bonds. The second-order valence-electron chi connectivity index (χ2n) is 4.57. The van der Waals surface area contributed by atoms with Crippen molar-refractivity contribution in [2.24, 2.45) is 4.99 Å². The lowest BCUT2D eigenvalue weighted by Crippen LogP contribution is -2.56. The zero-order valence-corrected chi connectivity index (χ0v) is 12.6. The van der Waals surface area contributed by atoms with Gasteiger partial charge in [0.1, 0.15) is 5.00 Å². The predicted octanol–water partition coefficient (Wildman–Crippen LogP) is 4.89. The van der Waals surface area contributed by atoms with E-state index < -0.39 is 17.0 Å². The van der Waals surface area contributed by atoms with Crippen LogP contribution in [0.1, 0.15) is 13.8 Å². The molecule has 0 unspecified atom stereocenters. The number of rotatable bonds is 1. The van der Waals surface area contributed by atoms with E-state index in [9.17, 15) is 13.2 Å². The van der Waals surface area contributed by atoms with Crippen molar-refractivity contribution in [2.45, 2.75) is 25.0 Å². The molecule has 0 bridgehead atoms. The van der Waals surface area contributed by atoms with E-state index in [0.717, 1.165) is 5.01 Å². The van der Waals surface area contributed by atoms with Gasteiger partial charge in [0.25, 0.3) is 0 Å². The van der Waals surface area contributed by atoms with Crippen LogP contribution in [0.2, 0.25) is 10.0 Å². The van der Waals surface area contributed by atoms with Gasteiger partial charge in [-0.05, 0) is 26.0 Å². The number of nitrogens with zero attached hydrogens (tertiary/aromatic N) is 2. The number of aliphatic imine (C=N–C) groups is 1. The Hall–Kier alpha value is -0.850. The van der Waals surface area contributed by atoms with Crippen molar-refractivity contribution in [3.8, 4) is 0 Å². The predicted molar refractivity (Wildman–Crippen MR) is 75.2 cm³/mol. The number of hydrazine groups is 1. The summed E-state index contributed by atoms with van der Waals surface area (Å²) in [5.74, 6) is -1.17. The molecule has 0 radical (unpaired) electrons. The zero-order valence-electron chi connectivity index (χ0n) is 10.3. The summed E-state index contributed by atoms with van der Waals surface area (Å²) in [6, 6.07) is 2.68. The third-order valence-corrected chi connectivity index (χ3v) is 3.40. The van der Waals surface area contributed by atoms with E-state index in [1.165, 1.54) is 26.0 Å². The van der Waals surface area contributed by atoms with Gasteiger partial charge in [0, 0.05) is 0 Å². The Labute approximate surface area is 128 Å². The Morgan fingerprint density at radius 2 is 1.70 bits per heavy atom. The van der Waals surface area contributed by atoms with Crippen LogP contribution in [0.25, 0.3) is 0 Å². The first-order valence-corrected chi connectivity index (χ1v) is 6.54. The van der Waals surface area contributed by atoms with Crippen LogP contribution >= 0.6 is 34.8 Å². The number of fused-ring (bicyclic) bond motifs is 1. The average molecular weight is 347 g/mol. The molecule has 0 spiro atoms. The van der Waals surface area contributed by atoms with Crippen molar-refractivity contribution in [1.29, 1.82) is 0 Å². The SMILES string of the molecule is CC(C)(Cl)N1NC(C(F)(F)F)=Nc2cc(Cl)c(Cl)cc21. The van der Waals surface area contributed by atoms with Crippen LogP contribution in [0.5, 0.6) is 0 Å². The molecular weight excluding hydrogens is 337 g/mol. The highest BCUT2D eigenvalue weighted by molar-refractivity contribution is 6.42. The molecule has 1 N–H and O–H groups in total. The number of alkyl halides is 4. The smallest absolute Gasteiger partial charge is 0.276 e. The van der Waals surface area contributed by atoms with Crippen molar-refractivity contribution >= 4 is 52.0 Å². The average Bonchev–Trinajstić information content (AvgIpc) is 2.26. The second-order valence-corrected chi connectivity index (χ2v) is 6.31. The summed E-state index contributed by atoms with van der Waals surface area (Å²) in [5.41, 5.74) is 2.51. The van der Waals surface area contributed by atoms with Crippen LogP contribution in [-0.4, -0.2) is 17.0 Å². The Balaban J connectivity index is 2.64. The molecule has 1 aromatic carbocycles. The molecule has 1 aromatic rings. The molecule has 110 valence electrons. The normalized spacial score (nSPS) is 15.6. The van der Waals surface area contributed by atoms with E-state index in [1.54, 1.807) is 0 Å². The van der Waals surface area contributed by atoms with Gasteiger partial charge in [0.15, 0.2) is 0 Å². The number of anilines is 1. The number of nitrogens with one attached hydrogen (secondary N) is 1. The highest BCUT2D eigenvalue weighted by atomic mass is 35.5. The lowest BCUT2D eigenvalue weighted by Gasteiger charge is -2.39. The van der Waals surface area contributed by atoms with E-state index in [1.807, 2.05) is 0 Å². The van der Waals surface area contributed by atoms with E-state index >= 15 is 0 Å². The molecule has 0 aliphatic carbocycles. The number of halogens is 6. The molecule has 0 fully saturated rings. The van der Waals surface area contributed by atoms with E-state index in [4.69, 9.17) is 34.8 Å². The fourth-order valence-corrected chi connectivity index (χ4v) is 2.10. The number of hydrogen-bond donors (Lipinski definition) is 1. The lowest BCUT2D eigenvalue weighted by atomic mass is 10.2. The van der Waals surface area contributed by atoms with Crippen LogP contribution < -0.4 is 10.4 Å². The number of benzene rings is 1. The van der Waals surface area contributed by atoms with Gasteiger partial charge in [-0.1, -0.05) is 34.8 Å². The number of amidine groups is 1. The topological polar surface area (TPSA) is 27.6 Å². The second kappa shape index (κ2) is 4.86. The number of hydrogen-bond acceptors (Lipinski definition) is 3. The van der Waals surface area contributed by atoms with Crippen molar-refractivity contribution < 1.29 is 13.2 Å². The lowest BCUT2D eigenvalue weighted by molar-refractivity contribution is -0.0621. The fraction of sp³-hybridized carbons (Fsp3) is 0.364. The van der Waals surface area contributed by atoms with E-state index in [-0.39, 0.29) is 15.7 Å². The molecule has 0 aromatic heterocycles. The van der Waals surface area contributed by atoms with Crippen molar-refractivity contribution in [3.63, 3.8) is 0 Å². The monoisotopic (exact) mass is 345 g/mol. The largest absolute Gasteiger partial charge is 0.450 e.